The number of hydrogen-bond acceptors (Lipinski definition) is 14. The maximum Gasteiger partial charge on any atom is 0.421 e. The number of aromatic nitrogens is 4. The summed E-state index contributed by atoms with van der Waals surface area (Å²) >= 11 is 0. The lowest BCUT2D eigenvalue weighted by Gasteiger charge is -2.27. The average molecular weight is 840 g/mol. The van der Waals surface area contributed by atoms with Crippen molar-refractivity contribution in [2.45, 2.75) is 63.7 Å². The van der Waals surface area contributed by atoms with Crippen LogP contribution in [0.5, 0.6) is 11.5 Å². The second-order valence-corrected chi connectivity index (χ2v) is 15.6. The monoisotopic (exact) mass is 839 g/mol. The maximum atomic E-state index is 13.8. The van der Waals surface area contributed by atoms with Gasteiger partial charge in [0.15, 0.2) is 5.82 Å². The minimum absolute atomic E-state index is 0.0447. The number of amides is 4. The second kappa shape index (κ2) is 18.0. The van der Waals surface area contributed by atoms with E-state index in [1.165, 1.54) is 31.6 Å². The fraction of sp³-hybridized carbons (Fsp3) is 0.368. The van der Waals surface area contributed by atoms with Gasteiger partial charge in [0.05, 0.1) is 37.1 Å². The van der Waals surface area contributed by atoms with Crippen LogP contribution in [0.3, 0.4) is 0 Å². The number of carbonyl (C=O) groups excluding carboxylic acids is 4. The van der Waals surface area contributed by atoms with Gasteiger partial charge in [0.2, 0.25) is 27.8 Å². The van der Waals surface area contributed by atoms with Gasteiger partial charge in [-0.05, 0) is 61.7 Å². The van der Waals surface area contributed by atoms with Gasteiger partial charge in [-0.15, -0.1) is 0 Å². The average Bonchev–Trinajstić information content (AvgIpc) is 3.44. The van der Waals surface area contributed by atoms with Crippen LogP contribution >= 0.6 is 0 Å². The van der Waals surface area contributed by atoms with Crippen LogP contribution in [0.25, 0.3) is 0 Å². The van der Waals surface area contributed by atoms with Gasteiger partial charge in [-0.3, -0.25) is 38.7 Å². The van der Waals surface area contributed by atoms with Gasteiger partial charge in [0.1, 0.15) is 34.6 Å². The van der Waals surface area contributed by atoms with Gasteiger partial charge in [-0.2, -0.15) is 18.2 Å². The number of halogens is 3. The molecule has 1 saturated heterocycles. The fourth-order valence-corrected chi connectivity index (χ4v) is 6.74. The van der Waals surface area contributed by atoms with Crippen LogP contribution < -0.4 is 29.7 Å². The van der Waals surface area contributed by atoms with E-state index in [2.05, 4.69) is 35.9 Å². The maximum absolute atomic E-state index is 13.8. The van der Waals surface area contributed by atoms with E-state index in [0.717, 1.165) is 47.6 Å². The molecule has 4 aromatic rings. The Morgan fingerprint density at radius 2 is 1.53 bits per heavy atom. The molecule has 2 aliphatic heterocycles. The van der Waals surface area contributed by atoms with Gasteiger partial charge in [0, 0.05) is 37.7 Å². The number of imide groups is 2. The summed E-state index contributed by atoms with van der Waals surface area (Å²) in [6.45, 7) is 0.551. The summed E-state index contributed by atoms with van der Waals surface area (Å²) in [7, 11) is -2.46. The Kier molecular flexibility index (Phi) is 12.9. The Morgan fingerprint density at radius 3 is 2.20 bits per heavy atom. The molecule has 1 unspecified atom stereocenters. The van der Waals surface area contributed by atoms with Crippen molar-refractivity contribution >= 4 is 56.9 Å². The van der Waals surface area contributed by atoms with Gasteiger partial charge in [0.25, 0.3) is 11.8 Å². The molecule has 2 aromatic carbocycles. The smallest absolute Gasteiger partial charge is 0.421 e. The largest absolute Gasteiger partial charge is 0.494 e. The zero-order chi connectivity index (χ0) is 42.3. The van der Waals surface area contributed by atoms with Crippen molar-refractivity contribution in [2.24, 2.45) is 0 Å². The molecule has 2 aliphatic rings. The Hall–Kier alpha value is -6.38. The number of alkyl halides is 3. The number of anilines is 4. The molecule has 1 fully saturated rings. The molecule has 0 aliphatic carbocycles. The number of sulfonamides is 1. The highest BCUT2D eigenvalue weighted by molar-refractivity contribution is 7.92. The summed E-state index contributed by atoms with van der Waals surface area (Å²) in [6.07, 6.45) is 3.78. The molecular formula is C38H40F3N9O8S. The number of hydrogen-bond donors (Lipinski definition) is 3. The number of carbonyl (C=O) groups is 4. The van der Waals surface area contributed by atoms with E-state index in [0.29, 0.717) is 36.6 Å². The van der Waals surface area contributed by atoms with E-state index in [4.69, 9.17) is 9.47 Å². The third-order valence-electron chi connectivity index (χ3n) is 9.41. The molecule has 0 saturated carbocycles. The number of rotatable bonds is 18. The van der Waals surface area contributed by atoms with Gasteiger partial charge >= 0.3 is 6.18 Å². The number of fused-ring (bicyclic) bond motifs is 1. The van der Waals surface area contributed by atoms with Gasteiger partial charge in [-0.25, -0.2) is 18.4 Å². The van der Waals surface area contributed by atoms with E-state index in [1.54, 1.807) is 30.3 Å². The van der Waals surface area contributed by atoms with Crippen molar-refractivity contribution in [1.29, 1.82) is 0 Å². The number of ether oxygens (including phenoxy) is 2. The molecule has 0 spiro atoms. The quantitative estimate of drug-likeness (QED) is 0.0903. The summed E-state index contributed by atoms with van der Waals surface area (Å²) in [6, 6.07) is 10.3. The van der Waals surface area contributed by atoms with E-state index in [1.807, 2.05) is 0 Å². The molecule has 4 heterocycles. The minimum Gasteiger partial charge on any atom is -0.494 e. The normalized spacial score (nSPS) is 15.5. The Balaban J connectivity index is 0.910. The third kappa shape index (κ3) is 10.4. The molecule has 6 rings (SSSR count). The highest BCUT2D eigenvalue weighted by Gasteiger charge is 2.44. The van der Waals surface area contributed by atoms with E-state index >= 15 is 0 Å². The lowest BCUT2D eigenvalue weighted by atomic mass is 10.0. The molecule has 59 heavy (non-hydrogen) atoms. The van der Waals surface area contributed by atoms with Crippen molar-refractivity contribution in [3.05, 3.63) is 83.4 Å². The summed E-state index contributed by atoms with van der Waals surface area (Å²) in [5.74, 6) is -1.95. The standard InChI is InChI=1S/C38H40F3N9O8S/c1-49(59(2,55)56)33-29(42-16-17-43-33)22-44-32-28(38(39,40)41)21-45-37(48-32)46-23-8-10-24(11-9-23)57-18-6-4-3-5-7-19-58-25-12-13-26-27(20-25)36(54)50(35(26)53)30-14-15-31(51)47-34(30)52/h8-13,16-17,20-21,30H,3-7,14-15,18-19,22H2,1-2H3,(H,47,51,52)(H2,44,45,46,48). The van der Waals surface area contributed by atoms with Crippen LogP contribution in [0.1, 0.15) is 76.9 Å². The lowest BCUT2D eigenvalue weighted by Crippen LogP contribution is -2.54. The molecular weight excluding hydrogens is 800 g/mol. The SMILES string of the molecule is CN(c1nccnc1CNc1nc(Nc2ccc(OCCCCCCCOc3ccc4c(c3)C(=O)N(C3CCC(=O)NC3=O)C4=O)cc2)ncc1C(F)(F)F)S(C)(=O)=O. The van der Waals surface area contributed by atoms with Crippen LogP contribution in [0, 0.1) is 0 Å². The highest BCUT2D eigenvalue weighted by Crippen LogP contribution is 2.35. The van der Waals surface area contributed by atoms with E-state index in [-0.39, 0.29) is 48.0 Å². The molecule has 0 bridgehead atoms. The highest BCUT2D eigenvalue weighted by atomic mass is 32.2. The number of nitrogens with one attached hydrogen (secondary N) is 3. The zero-order valence-corrected chi connectivity index (χ0v) is 32.7. The topological polar surface area (TPSA) is 215 Å². The predicted molar refractivity (Wildman–Crippen MR) is 207 cm³/mol. The van der Waals surface area contributed by atoms with Crippen molar-refractivity contribution < 1.29 is 50.2 Å². The van der Waals surface area contributed by atoms with E-state index in [9.17, 15) is 40.8 Å². The van der Waals surface area contributed by atoms with Crippen molar-refractivity contribution in [3.63, 3.8) is 0 Å². The molecule has 1 atom stereocenters. The molecule has 312 valence electrons. The second-order valence-electron chi connectivity index (χ2n) is 13.6. The van der Waals surface area contributed by atoms with Crippen LogP contribution in [-0.4, -0.2) is 89.4 Å². The Morgan fingerprint density at radius 1 is 0.881 bits per heavy atom. The summed E-state index contributed by atoms with van der Waals surface area (Å²) in [5.41, 5.74) is -0.203. The molecule has 2 aromatic heterocycles. The summed E-state index contributed by atoms with van der Waals surface area (Å²) in [5, 5.41) is 7.65. The third-order valence-corrected chi connectivity index (χ3v) is 10.6. The van der Waals surface area contributed by atoms with Crippen LogP contribution in [-0.2, 0) is 32.3 Å². The van der Waals surface area contributed by atoms with E-state index < -0.39 is 57.3 Å². The number of nitrogens with zero attached hydrogens (tertiary/aromatic N) is 6. The van der Waals surface area contributed by atoms with Crippen molar-refractivity contribution in [2.75, 3.05) is 41.5 Å². The van der Waals surface area contributed by atoms with Crippen molar-refractivity contribution in [3.8, 4) is 11.5 Å². The first-order valence-electron chi connectivity index (χ1n) is 18.5. The van der Waals surface area contributed by atoms with Crippen LogP contribution in [0.15, 0.2) is 61.1 Å². The molecule has 4 amide bonds. The first-order chi connectivity index (χ1) is 28.1. The molecule has 21 heteroatoms. The summed E-state index contributed by atoms with van der Waals surface area (Å²) < 4.78 is 78.1. The summed E-state index contributed by atoms with van der Waals surface area (Å²) in [4.78, 5) is 66.5. The predicted octanol–water partition coefficient (Wildman–Crippen LogP) is 4.85. The van der Waals surface area contributed by atoms with Crippen LogP contribution in [0.2, 0.25) is 0 Å². The molecule has 3 N–H and O–H groups in total. The first-order valence-corrected chi connectivity index (χ1v) is 20.3. The minimum atomic E-state index is -4.78. The Labute approximate surface area is 336 Å². The van der Waals surface area contributed by atoms with Crippen molar-refractivity contribution in [1.82, 2.24) is 30.2 Å². The zero-order valence-electron chi connectivity index (χ0n) is 31.9. The first kappa shape index (κ1) is 42.2. The number of benzene rings is 2. The van der Waals surface area contributed by atoms with Gasteiger partial charge in [-0.1, -0.05) is 19.3 Å². The molecule has 17 nitrogen and oxygen atoms in total. The Bertz CT molecular complexity index is 2330. The van der Waals surface area contributed by atoms with Gasteiger partial charge < -0.3 is 20.1 Å². The molecule has 0 radical (unpaired) electrons. The fourth-order valence-electron chi connectivity index (χ4n) is 6.27. The lowest BCUT2D eigenvalue weighted by molar-refractivity contribution is -0.138. The number of piperidine rings is 1. The van der Waals surface area contributed by atoms with Crippen LogP contribution in [0.4, 0.5) is 36.4 Å². The number of unbranched alkanes of at least 4 members (excludes halogenated alkanes) is 4.